The summed E-state index contributed by atoms with van der Waals surface area (Å²) in [4.78, 5) is 4.03. The highest BCUT2D eigenvalue weighted by molar-refractivity contribution is 5.63. The van der Waals surface area contributed by atoms with Crippen LogP contribution in [0.3, 0.4) is 0 Å². The molecule has 0 saturated carbocycles. The van der Waals surface area contributed by atoms with Crippen LogP contribution in [0.5, 0.6) is 0 Å². The Kier molecular flexibility index (Phi) is 4.35. The molecule has 1 aromatic heterocycles. The number of rotatable bonds is 5. The summed E-state index contributed by atoms with van der Waals surface area (Å²) in [5.74, 6) is 0.122. The summed E-state index contributed by atoms with van der Waals surface area (Å²) >= 11 is 0. The van der Waals surface area contributed by atoms with E-state index in [1.54, 1.807) is 12.5 Å². The predicted molar refractivity (Wildman–Crippen MR) is 88.2 cm³/mol. The van der Waals surface area contributed by atoms with Gasteiger partial charge in [0, 0.05) is 24.9 Å². The van der Waals surface area contributed by atoms with Crippen LogP contribution >= 0.6 is 0 Å². The van der Waals surface area contributed by atoms with Gasteiger partial charge in [-0.1, -0.05) is 61.5 Å². The molecule has 0 aliphatic heterocycles. The van der Waals surface area contributed by atoms with Crippen molar-refractivity contribution in [3.05, 3.63) is 78.9 Å². The fourth-order valence-corrected chi connectivity index (χ4v) is 2.66. The normalized spacial score (nSPS) is 13.7. The third-order valence-electron chi connectivity index (χ3n) is 3.96. The monoisotopic (exact) mass is 292 g/mol. The maximum absolute atomic E-state index is 10.5. The molecule has 0 bridgehead atoms. The maximum Gasteiger partial charge on any atom is 0.0946 e. The summed E-state index contributed by atoms with van der Waals surface area (Å²) in [7, 11) is 0. The first-order chi connectivity index (χ1) is 10.7. The van der Waals surface area contributed by atoms with Gasteiger partial charge in [0.2, 0.25) is 0 Å². The molecule has 0 fully saturated rings. The molecule has 0 unspecified atom stereocenters. The van der Waals surface area contributed by atoms with E-state index in [2.05, 4.69) is 36.2 Å². The van der Waals surface area contributed by atoms with Gasteiger partial charge < -0.3 is 9.67 Å². The van der Waals surface area contributed by atoms with Gasteiger partial charge in [0.05, 0.1) is 12.4 Å². The molecule has 1 heterocycles. The molecule has 0 spiro atoms. The Hall–Kier alpha value is -2.39. The third kappa shape index (κ3) is 3.26. The number of aromatic nitrogens is 2. The fraction of sp³-hybridized carbons (Fsp3) is 0.211. The highest BCUT2D eigenvalue weighted by Gasteiger charge is 2.16. The molecule has 2 aromatic carbocycles. The van der Waals surface area contributed by atoms with Gasteiger partial charge >= 0.3 is 0 Å². The second-order valence-corrected chi connectivity index (χ2v) is 5.67. The molecule has 0 amide bonds. The van der Waals surface area contributed by atoms with Gasteiger partial charge in [0.1, 0.15) is 0 Å². The average molecular weight is 292 g/mol. The van der Waals surface area contributed by atoms with E-state index >= 15 is 0 Å². The van der Waals surface area contributed by atoms with E-state index in [1.807, 2.05) is 41.1 Å². The van der Waals surface area contributed by atoms with Crippen LogP contribution in [0.25, 0.3) is 11.1 Å². The second kappa shape index (κ2) is 6.58. The minimum atomic E-state index is -0.479. The molecule has 0 radical (unpaired) electrons. The zero-order chi connectivity index (χ0) is 15.4. The zero-order valence-corrected chi connectivity index (χ0v) is 12.6. The zero-order valence-electron chi connectivity index (χ0n) is 12.6. The molecule has 1 N–H and O–H groups in total. The predicted octanol–water partition coefficient (Wildman–Crippen LogP) is 3.92. The minimum Gasteiger partial charge on any atom is -0.388 e. The average Bonchev–Trinajstić information content (AvgIpc) is 3.08. The van der Waals surface area contributed by atoms with E-state index in [0.29, 0.717) is 0 Å². The van der Waals surface area contributed by atoms with Crippen molar-refractivity contribution < 1.29 is 5.11 Å². The van der Waals surface area contributed by atoms with Gasteiger partial charge in [-0.3, -0.25) is 0 Å². The van der Waals surface area contributed by atoms with E-state index < -0.39 is 6.10 Å². The Morgan fingerprint density at radius 1 is 1.00 bits per heavy atom. The first-order valence-corrected chi connectivity index (χ1v) is 7.53. The van der Waals surface area contributed by atoms with Gasteiger partial charge in [-0.15, -0.1) is 0 Å². The lowest BCUT2D eigenvalue weighted by atomic mass is 9.95. The number of imidazole rings is 1. The summed E-state index contributed by atoms with van der Waals surface area (Å²) in [5, 5.41) is 10.5. The lowest BCUT2D eigenvalue weighted by Gasteiger charge is -2.20. The van der Waals surface area contributed by atoms with Crippen LogP contribution in [0, 0.1) is 5.92 Å². The molecule has 0 aliphatic carbocycles. The maximum atomic E-state index is 10.5. The van der Waals surface area contributed by atoms with Crippen LogP contribution < -0.4 is 0 Å². The summed E-state index contributed by atoms with van der Waals surface area (Å²) in [5.41, 5.74) is 3.31. The Labute approximate surface area is 130 Å². The number of nitrogens with zero attached hydrogens (tertiary/aromatic N) is 2. The smallest absolute Gasteiger partial charge is 0.0946 e. The van der Waals surface area contributed by atoms with Gasteiger partial charge in [0.15, 0.2) is 0 Å². The highest BCUT2D eigenvalue weighted by atomic mass is 16.3. The summed E-state index contributed by atoms with van der Waals surface area (Å²) < 4.78 is 1.99. The van der Waals surface area contributed by atoms with Gasteiger partial charge in [-0.05, 0) is 16.7 Å². The van der Waals surface area contributed by atoms with E-state index in [-0.39, 0.29) is 5.92 Å². The number of aliphatic hydroxyl groups is 1. The second-order valence-electron chi connectivity index (χ2n) is 5.67. The molecule has 3 nitrogen and oxygen atoms in total. The van der Waals surface area contributed by atoms with Crippen molar-refractivity contribution in [1.82, 2.24) is 9.55 Å². The fourth-order valence-electron chi connectivity index (χ4n) is 2.66. The number of hydrogen-bond donors (Lipinski definition) is 1. The minimum absolute atomic E-state index is 0.122. The van der Waals surface area contributed by atoms with Gasteiger partial charge in [-0.2, -0.15) is 0 Å². The van der Waals surface area contributed by atoms with Crippen LogP contribution in [-0.4, -0.2) is 14.7 Å². The summed E-state index contributed by atoms with van der Waals surface area (Å²) in [6, 6.07) is 18.4. The van der Waals surface area contributed by atoms with Crippen molar-refractivity contribution >= 4 is 0 Å². The number of benzene rings is 2. The Bertz CT molecular complexity index is 690. The van der Waals surface area contributed by atoms with E-state index in [9.17, 15) is 5.11 Å². The molecule has 3 rings (SSSR count). The summed E-state index contributed by atoms with van der Waals surface area (Å²) in [6.07, 6.45) is 4.98. The topological polar surface area (TPSA) is 38.0 Å². The van der Waals surface area contributed by atoms with Crippen LogP contribution in [0.2, 0.25) is 0 Å². The lowest BCUT2D eigenvalue weighted by molar-refractivity contribution is 0.108. The Morgan fingerprint density at radius 3 is 2.32 bits per heavy atom. The lowest BCUT2D eigenvalue weighted by Crippen LogP contribution is -2.15. The molecule has 112 valence electrons. The Morgan fingerprint density at radius 2 is 1.68 bits per heavy atom. The van der Waals surface area contributed by atoms with Crippen molar-refractivity contribution in [2.24, 2.45) is 5.92 Å². The van der Waals surface area contributed by atoms with Crippen molar-refractivity contribution in [2.45, 2.75) is 19.6 Å². The van der Waals surface area contributed by atoms with Crippen molar-refractivity contribution in [2.75, 3.05) is 0 Å². The number of aliphatic hydroxyl groups excluding tert-OH is 1. The van der Waals surface area contributed by atoms with Crippen LogP contribution in [0.1, 0.15) is 18.6 Å². The van der Waals surface area contributed by atoms with Crippen molar-refractivity contribution in [3.8, 4) is 11.1 Å². The molecule has 0 aliphatic rings. The third-order valence-corrected chi connectivity index (χ3v) is 3.96. The largest absolute Gasteiger partial charge is 0.388 e. The van der Waals surface area contributed by atoms with Crippen molar-refractivity contribution in [3.63, 3.8) is 0 Å². The molecular weight excluding hydrogens is 272 g/mol. The van der Waals surface area contributed by atoms with Crippen LogP contribution in [-0.2, 0) is 6.54 Å². The van der Waals surface area contributed by atoms with E-state index in [1.165, 1.54) is 11.1 Å². The highest BCUT2D eigenvalue weighted by Crippen LogP contribution is 2.26. The van der Waals surface area contributed by atoms with Gasteiger partial charge in [-0.25, -0.2) is 4.98 Å². The molecule has 3 heteroatoms. The van der Waals surface area contributed by atoms with E-state index in [4.69, 9.17) is 0 Å². The first-order valence-electron chi connectivity index (χ1n) is 7.53. The molecule has 3 aromatic rings. The van der Waals surface area contributed by atoms with E-state index in [0.717, 1.165) is 12.1 Å². The first kappa shape index (κ1) is 14.5. The quantitative estimate of drug-likeness (QED) is 0.774. The molecule has 22 heavy (non-hydrogen) atoms. The Balaban J connectivity index is 1.72. The van der Waals surface area contributed by atoms with Crippen LogP contribution in [0.4, 0.5) is 0 Å². The molecule has 0 saturated heterocycles. The number of hydrogen-bond acceptors (Lipinski definition) is 2. The van der Waals surface area contributed by atoms with Gasteiger partial charge in [0.25, 0.3) is 0 Å². The molecule has 2 atom stereocenters. The molecular formula is C19H20N2O. The SMILES string of the molecule is C[C@@H](Cn1ccnc1)[C@H](O)c1ccc(-c2ccccc2)cc1. The standard InChI is InChI=1S/C19H20N2O/c1-15(13-21-12-11-20-14-21)19(22)18-9-7-17(8-10-18)16-5-3-2-4-6-16/h2-12,14-15,19,22H,13H2,1H3/t15-,19-/m0/s1. The van der Waals surface area contributed by atoms with Crippen LogP contribution in [0.15, 0.2) is 73.3 Å². The summed E-state index contributed by atoms with van der Waals surface area (Å²) in [6.45, 7) is 2.80. The van der Waals surface area contributed by atoms with Crippen molar-refractivity contribution in [1.29, 1.82) is 0 Å².